The lowest BCUT2D eigenvalue weighted by Crippen LogP contribution is -2.40. The van der Waals surface area contributed by atoms with Crippen molar-refractivity contribution in [3.8, 4) is 0 Å². The molecule has 0 amide bonds. The second-order valence-corrected chi connectivity index (χ2v) is 4.00. The number of ether oxygens (including phenoxy) is 1. The molecule has 0 aliphatic rings. The summed E-state index contributed by atoms with van der Waals surface area (Å²) in [5.74, 6) is -0.623. The van der Waals surface area contributed by atoms with Gasteiger partial charge in [-0.1, -0.05) is 6.92 Å². The molecule has 7 heteroatoms. The summed E-state index contributed by atoms with van der Waals surface area (Å²) in [7, 11) is -2.61. The van der Waals surface area contributed by atoms with Crippen molar-refractivity contribution >= 4 is 16.2 Å². The molecule has 0 aromatic rings. The Balaban J connectivity index is 4.36. The molecule has 0 aliphatic heterocycles. The van der Waals surface area contributed by atoms with Crippen LogP contribution in [0, 0.1) is 0 Å². The molecule has 0 saturated carbocycles. The number of carbonyl (C=O) groups is 1. The summed E-state index contributed by atoms with van der Waals surface area (Å²) < 4.78 is 26.9. The van der Waals surface area contributed by atoms with Crippen LogP contribution < -0.4 is 5.14 Å². The Morgan fingerprint density at radius 1 is 1.54 bits per heavy atom. The molecule has 13 heavy (non-hydrogen) atoms. The highest BCUT2D eigenvalue weighted by Crippen LogP contribution is 1.96. The zero-order valence-electron chi connectivity index (χ0n) is 7.69. The first kappa shape index (κ1) is 12.3. The number of rotatable bonds is 5. The van der Waals surface area contributed by atoms with Crippen LogP contribution in [-0.2, 0) is 19.7 Å². The maximum Gasteiger partial charge on any atom is 0.321 e. The van der Waals surface area contributed by atoms with E-state index in [0.717, 1.165) is 4.31 Å². The Bertz CT molecular complexity index is 262. The zero-order chi connectivity index (χ0) is 10.5. The number of nitrogens with two attached hydrogens (primary N) is 1. The lowest BCUT2D eigenvalue weighted by Gasteiger charge is -2.16. The molecule has 0 unspecified atom stereocenters. The van der Waals surface area contributed by atoms with Crippen molar-refractivity contribution in [1.29, 1.82) is 0 Å². The van der Waals surface area contributed by atoms with Crippen molar-refractivity contribution in [2.45, 2.75) is 13.3 Å². The predicted octanol–water partition coefficient (Wildman–Crippen LogP) is -0.925. The second-order valence-electron chi connectivity index (χ2n) is 2.45. The molecule has 0 rings (SSSR count). The first-order chi connectivity index (χ1) is 5.91. The Hall–Kier alpha value is -0.660. The monoisotopic (exact) mass is 210 g/mol. The van der Waals surface area contributed by atoms with Gasteiger partial charge in [0, 0.05) is 6.54 Å². The van der Waals surface area contributed by atoms with E-state index in [1.165, 1.54) is 7.11 Å². The van der Waals surface area contributed by atoms with Crippen LogP contribution in [0.1, 0.15) is 13.3 Å². The maximum atomic E-state index is 10.9. The highest BCUT2D eigenvalue weighted by atomic mass is 32.2. The normalized spacial score (nSPS) is 11.7. The van der Waals surface area contributed by atoms with Crippen molar-refractivity contribution in [1.82, 2.24) is 4.31 Å². The minimum absolute atomic E-state index is 0.216. The quantitative estimate of drug-likeness (QED) is 0.594. The molecule has 0 saturated heterocycles. The van der Waals surface area contributed by atoms with E-state index in [1.54, 1.807) is 6.92 Å². The van der Waals surface area contributed by atoms with Gasteiger partial charge in [0.05, 0.1) is 7.11 Å². The number of carbonyl (C=O) groups excluding carboxylic acids is 1. The van der Waals surface area contributed by atoms with Crippen LogP contribution in [-0.4, -0.2) is 38.9 Å². The van der Waals surface area contributed by atoms with Gasteiger partial charge in [-0.15, -0.1) is 0 Å². The van der Waals surface area contributed by atoms with Crippen molar-refractivity contribution in [2.24, 2.45) is 5.14 Å². The summed E-state index contributed by atoms with van der Waals surface area (Å²) in [6, 6.07) is 0. The molecule has 0 aliphatic carbocycles. The Morgan fingerprint density at radius 2 is 2.08 bits per heavy atom. The van der Waals surface area contributed by atoms with Crippen LogP contribution in [0.5, 0.6) is 0 Å². The average Bonchev–Trinajstić information content (AvgIpc) is 2.01. The average molecular weight is 210 g/mol. The van der Waals surface area contributed by atoms with Crippen LogP contribution in [0.4, 0.5) is 0 Å². The lowest BCUT2D eigenvalue weighted by atomic mass is 10.5. The number of nitrogens with zero attached hydrogens (tertiary/aromatic N) is 1. The molecule has 0 bridgehead atoms. The summed E-state index contributed by atoms with van der Waals surface area (Å²) in [5, 5.41) is 4.86. The van der Waals surface area contributed by atoms with Gasteiger partial charge in [0.2, 0.25) is 0 Å². The number of esters is 1. The maximum absolute atomic E-state index is 10.9. The molecule has 0 atom stereocenters. The van der Waals surface area contributed by atoms with Crippen LogP contribution in [0.15, 0.2) is 0 Å². The first-order valence-corrected chi connectivity index (χ1v) is 5.26. The van der Waals surface area contributed by atoms with Gasteiger partial charge in [0.15, 0.2) is 0 Å². The Morgan fingerprint density at radius 3 is 2.38 bits per heavy atom. The van der Waals surface area contributed by atoms with Gasteiger partial charge in [-0.3, -0.25) is 4.79 Å². The Kier molecular flexibility index (Phi) is 4.89. The minimum Gasteiger partial charge on any atom is -0.468 e. The third-order valence-electron chi connectivity index (χ3n) is 1.37. The van der Waals surface area contributed by atoms with Gasteiger partial charge in [-0.2, -0.15) is 12.7 Å². The summed E-state index contributed by atoms with van der Waals surface area (Å²) >= 11 is 0. The van der Waals surface area contributed by atoms with E-state index >= 15 is 0 Å². The van der Waals surface area contributed by atoms with Crippen molar-refractivity contribution in [3.63, 3.8) is 0 Å². The van der Waals surface area contributed by atoms with Crippen molar-refractivity contribution in [3.05, 3.63) is 0 Å². The minimum atomic E-state index is -3.80. The predicted molar refractivity (Wildman–Crippen MR) is 47.0 cm³/mol. The number of hydrogen-bond donors (Lipinski definition) is 1. The second kappa shape index (κ2) is 5.15. The van der Waals surface area contributed by atoms with Gasteiger partial charge in [-0.05, 0) is 6.42 Å². The molecular formula is C6H14N2O4S. The molecule has 0 radical (unpaired) electrons. The number of methoxy groups -OCH3 is 1. The van der Waals surface area contributed by atoms with Crippen LogP contribution in [0.2, 0.25) is 0 Å². The molecule has 6 nitrogen and oxygen atoms in total. The molecule has 2 N–H and O–H groups in total. The van der Waals surface area contributed by atoms with Crippen molar-refractivity contribution in [2.75, 3.05) is 20.2 Å². The van der Waals surface area contributed by atoms with Crippen LogP contribution in [0.3, 0.4) is 0 Å². The fourth-order valence-corrected chi connectivity index (χ4v) is 1.48. The summed E-state index contributed by atoms with van der Waals surface area (Å²) in [5.41, 5.74) is 0. The van der Waals surface area contributed by atoms with E-state index < -0.39 is 16.2 Å². The third-order valence-corrected chi connectivity index (χ3v) is 2.40. The van der Waals surface area contributed by atoms with Gasteiger partial charge in [0.1, 0.15) is 6.54 Å². The van der Waals surface area contributed by atoms with E-state index in [2.05, 4.69) is 4.74 Å². The fourth-order valence-electron chi connectivity index (χ4n) is 0.754. The molecule has 78 valence electrons. The van der Waals surface area contributed by atoms with Gasteiger partial charge >= 0.3 is 5.97 Å². The molecular weight excluding hydrogens is 196 g/mol. The summed E-state index contributed by atoms with van der Waals surface area (Å²) in [6.07, 6.45) is 0.591. The Labute approximate surface area is 77.8 Å². The zero-order valence-corrected chi connectivity index (χ0v) is 8.50. The smallest absolute Gasteiger partial charge is 0.321 e. The third kappa shape index (κ3) is 4.81. The molecule has 0 fully saturated rings. The van der Waals surface area contributed by atoms with Gasteiger partial charge in [-0.25, -0.2) is 5.14 Å². The standard InChI is InChI=1S/C6H14N2O4S/c1-3-4-8(13(7,10)11)5-6(9)12-2/h3-5H2,1-2H3,(H2,7,10,11). The van der Waals surface area contributed by atoms with Gasteiger partial charge in [0.25, 0.3) is 10.2 Å². The highest BCUT2D eigenvalue weighted by Gasteiger charge is 2.19. The molecule has 0 aromatic carbocycles. The summed E-state index contributed by atoms with van der Waals surface area (Å²) in [4.78, 5) is 10.8. The van der Waals surface area contributed by atoms with E-state index in [0.29, 0.717) is 6.42 Å². The van der Waals surface area contributed by atoms with E-state index in [4.69, 9.17) is 5.14 Å². The van der Waals surface area contributed by atoms with Crippen LogP contribution >= 0.6 is 0 Å². The molecule has 0 spiro atoms. The largest absolute Gasteiger partial charge is 0.468 e. The number of hydrogen-bond acceptors (Lipinski definition) is 4. The van der Waals surface area contributed by atoms with E-state index in [1.807, 2.05) is 0 Å². The SMILES string of the molecule is CCCN(CC(=O)OC)S(N)(=O)=O. The molecule has 0 aromatic heterocycles. The topological polar surface area (TPSA) is 89.7 Å². The highest BCUT2D eigenvalue weighted by molar-refractivity contribution is 7.86. The fraction of sp³-hybridized carbons (Fsp3) is 0.833. The van der Waals surface area contributed by atoms with Crippen LogP contribution in [0.25, 0.3) is 0 Å². The first-order valence-electron chi connectivity index (χ1n) is 3.76. The summed E-state index contributed by atoms with van der Waals surface area (Å²) in [6.45, 7) is 1.67. The van der Waals surface area contributed by atoms with E-state index in [-0.39, 0.29) is 13.1 Å². The molecule has 0 heterocycles. The van der Waals surface area contributed by atoms with Crippen molar-refractivity contribution < 1.29 is 17.9 Å². The lowest BCUT2D eigenvalue weighted by molar-refractivity contribution is -0.140. The van der Waals surface area contributed by atoms with Gasteiger partial charge < -0.3 is 4.74 Å². The van der Waals surface area contributed by atoms with E-state index in [9.17, 15) is 13.2 Å².